The van der Waals surface area contributed by atoms with Crippen molar-refractivity contribution < 1.29 is 92.2 Å². The number of nitrogens with one attached hydrogen (secondary N) is 2. The Morgan fingerprint density at radius 1 is 0.565 bits per heavy atom. The molecule has 32 heteroatoms. The number of azo groups is 1. The molecule has 0 atom stereocenters. The Balaban J connectivity index is 0.000000336. The molecule has 0 fully saturated rings. The lowest BCUT2D eigenvalue weighted by atomic mass is 9.81. The average Bonchev–Trinajstić information content (AvgIpc) is 1.61. The molecule has 0 saturated heterocycles. The highest BCUT2D eigenvalue weighted by atomic mass is 35.5. The number of ketones is 5. The number of ether oxygens (including phenoxy) is 8. The number of hydrogen-bond donors (Lipinski definition) is 2. The van der Waals surface area contributed by atoms with Crippen LogP contribution < -0.4 is 38.5 Å². The first-order valence-electron chi connectivity index (χ1n) is 46.6. The van der Waals surface area contributed by atoms with Gasteiger partial charge in [0.25, 0.3) is 5.56 Å². The Morgan fingerprint density at radius 3 is 1.58 bits per heavy atom. The molecular formula is C106H147ClN12O18S. The van der Waals surface area contributed by atoms with Gasteiger partial charge in [0.05, 0.1) is 154 Å². The minimum absolute atomic E-state index is 0. The minimum Gasteiger partial charge on any atom is -1.00 e. The summed E-state index contributed by atoms with van der Waals surface area (Å²) in [5.41, 5.74) is 10.4. The van der Waals surface area contributed by atoms with Crippen LogP contribution >= 0.6 is 0 Å². The van der Waals surface area contributed by atoms with Crippen molar-refractivity contribution in [2.24, 2.45) is 48.3 Å². The zero-order chi connectivity index (χ0) is 99.8. The van der Waals surface area contributed by atoms with Gasteiger partial charge in [-0.3, -0.25) is 38.8 Å². The van der Waals surface area contributed by atoms with Gasteiger partial charge in [0, 0.05) is 114 Å². The molecule has 11 rings (SSSR count). The summed E-state index contributed by atoms with van der Waals surface area (Å²) in [4.78, 5) is 101. The van der Waals surface area contributed by atoms with Crippen LogP contribution in [-0.2, 0) is 68.2 Å². The molecule has 2 N–H and O–H groups in total. The maximum atomic E-state index is 12.7. The number of anilines is 2. The number of hydrogen-bond acceptors (Lipinski definition) is 26. The summed E-state index contributed by atoms with van der Waals surface area (Å²) in [7, 11) is 2.67. The maximum absolute atomic E-state index is 12.7. The number of rotatable bonds is 47. The summed E-state index contributed by atoms with van der Waals surface area (Å²) >= 11 is 0. The molecule has 138 heavy (non-hydrogen) atoms. The molecule has 5 heterocycles. The lowest BCUT2D eigenvalue weighted by Gasteiger charge is -2.27. The third-order valence-electron chi connectivity index (χ3n) is 22.3. The summed E-state index contributed by atoms with van der Waals surface area (Å²) in [5.74, 6) is 0.185. The molecule has 0 unspecified atom stereocenters. The number of fused-ring (bicyclic) bond motifs is 4. The zero-order valence-corrected chi connectivity index (χ0v) is 85.3. The Morgan fingerprint density at radius 2 is 1.06 bits per heavy atom. The van der Waals surface area contributed by atoms with Crippen LogP contribution in [0.2, 0.25) is 0 Å². The van der Waals surface area contributed by atoms with E-state index in [0.29, 0.717) is 160 Å². The van der Waals surface area contributed by atoms with Gasteiger partial charge in [-0.1, -0.05) is 190 Å². The van der Waals surface area contributed by atoms with Crippen LogP contribution in [0.15, 0.2) is 212 Å². The van der Waals surface area contributed by atoms with E-state index < -0.39 is 31.1 Å². The first kappa shape index (κ1) is 118. The van der Waals surface area contributed by atoms with E-state index in [-0.39, 0.29) is 98.9 Å². The summed E-state index contributed by atoms with van der Waals surface area (Å²) in [5, 5.41) is 26.2. The number of benzene rings is 6. The lowest BCUT2D eigenvalue weighted by Crippen LogP contribution is -3.00. The number of aromatic amines is 2. The second-order valence-electron chi connectivity index (χ2n) is 37.9. The molecule has 3 aliphatic heterocycles. The molecule has 0 spiro atoms. The van der Waals surface area contributed by atoms with Gasteiger partial charge in [0.2, 0.25) is 5.69 Å². The summed E-state index contributed by atoms with van der Waals surface area (Å²) in [6, 6.07) is 45.4. The van der Waals surface area contributed by atoms with Crippen molar-refractivity contribution in [1.82, 2.24) is 20.2 Å². The Bertz CT molecular complexity index is 5720. The quantitative estimate of drug-likeness (QED) is 0.00680. The first-order chi connectivity index (χ1) is 64.4. The molecule has 6 aromatic carbocycles. The van der Waals surface area contributed by atoms with Gasteiger partial charge < -0.3 is 75.2 Å². The number of Topliss-reactive ketones (excluding diaryl/α,β-unsaturated/α-hetero) is 5. The highest BCUT2D eigenvalue weighted by molar-refractivity contribution is 7.91. The van der Waals surface area contributed by atoms with Gasteiger partial charge in [-0.25, -0.2) is 13.4 Å². The number of halogens is 1. The number of carbonyl (C=O) groups excluding carboxylic acids is 5. The Hall–Kier alpha value is -11.0. The van der Waals surface area contributed by atoms with E-state index in [1.54, 1.807) is 77.9 Å². The average molecular weight is 1940 g/mol. The molecule has 0 amide bonds. The minimum atomic E-state index is -3.43. The number of unbranched alkanes of at least 4 members (excludes halogenated alkanes) is 2. The number of nitrogens with zero attached hydrogens (tertiary/aromatic N) is 10. The smallest absolute Gasteiger partial charge is 0.343 e. The van der Waals surface area contributed by atoms with E-state index in [0.717, 1.165) is 53.8 Å². The fourth-order valence-corrected chi connectivity index (χ4v) is 15.6. The molecule has 3 aliphatic rings. The largest absolute Gasteiger partial charge is 1.00 e. The van der Waals surface area contributed by atoms with Crippen LogP contribution in [0, 0.1) is 38.2 Å². The van der Waals surface area contributed by atoms with Crippen LogP contribution in [0.4, 0.5) is 34.3 Å². The number of allylic oxidation sites excluding steroid dienone is 6. The number of sulfone groups is 1. The second kappa shape index (κ2) is 57.5. The maximum Gasteiger partial charge on any atom is 0.343 e. The molecule has 0 bridgehead atoms. The van der Waals surface area contributed by atoms with Crippen molar-refractivity contribution >= 4 is 89.8 Å². The van der Waals surface area contributed by atoms with Crippen molar-refractivity contribution in [2.75, 3.05) is 156 Å². The van der Waals surface area contributed by atoms with Crippen LogP contribution in [-0.4, -0.2) is 219 Å². The van der Waals surface area contributed by atoms with Gasteiger partial charge in [0.15, 0.2) is 44.3 Å². The van der Waals surface area contributed by atoms with Gasteiger partial charge in [-0.15, -0.1) is 5.10 Å². The molecule has 0 aliphatic carbocycles. The monoisotopic (exact) mass is 1940 g/mol. The van der Waals surface area contributed by atoms with E-state index in [2.05, 4.69) is 164 Å². The van der Waals surface area contributed by atoms with Crippen LogP contribution in [0.5, 0.6) is 0 Å². The predicted octanol–water partition coefficient (Wildman–Crippen LogP) is 15.8. The van der Waals surface area contributed by atoms with E-state index in [1.165, 1.54) is 33.9 Å². The molecule has 8 aromatic rings. The SMILES string of the molecule is C.CC(C)(C)C(=O)c1cc([N+](=O)[O-])[nH]n1.CC(C)(C)C(=O)c1ccc2c(c1)=NCN=2.CC(C)(C)C(=O)c1nc2ccccc2[nH]c1=O.CC(C)C(=O)CCCCCN1C(=CC=CC=CC2=[N+](C)c3ccccc3C2(C)C)C(C)(C)c2ccccc21.CC(C)C(=O)CCOCCOCCOCCOCCOCCOCCOCCOCCCS(=O)(=O)c1ccc(N=Nc2ccc(N(C)C)cc2)cc1.[Cl-]. The fourth-order valence-electron chi connectivity index (χ4n) is 14.3. The Kier molecular flexibility index (Phi) is 49.0. The van der Waals surface area contributed by atoms with Gasteiger partial charge in [0.1, 0.15) is 25.3 Å². The van der Waals surface area contributed by atoms with Crippen molar-refractivity contribution in [3.8, 4) is 0 Å². The van der Waals surface area contributed by atoms with E-state index in [4.69, 9.17) is 37.9 Å². The highest BCUT2D eigenvalue weighted by Gasteiger charge is 2.43. The summed E-state index contributed by atoms with van der Waals surface area (Å²) < 4.78 is 71.4. The molecule has 0 saturated carbocycles. The molecule has 2 aromatic heterocycles. The predicted molar refractivity (Wildman–Crippen MR) is 540 cm³/mol. The van der Waals surface area contributed by atoms with Crippen molar-refractivity contribution in [2.45, 2.75) is 179 Å². The van der Waals surface area contributed by atoms with Gasteiger partial charge in [-0.05, 0) is 135 Å². The van der Waals surface area contributed by atoms with Crippen molar-refractivity contribution in [1.29, 1.82) is 0 Å². The Labute approximate surface area is 821 Å². The summed E-state index contributed by atoms with van der Waals surface area (Å²) in [6.07, 6.45) is 15.7. The summed E-state index contributed by atoms with van der Waals surface area (Å²) in [6.45, 7) is 41.9. The van der Waals surface area contributed by atoms with Crippen LogP contribution in [0.25, 0.3) is 11.0 Å². The topological polar surface area (TPSA) is 370 Å². The number of aromatic nitrogens is 4. The van der Waals surface area contributed by atoms with E-state index in [1.807, 2.05) is 122 Å². The molecule has 0 radical (unpaired) electrons. The normalized spacial score (nSPS) is 13.8. The number of nitro groups is 1. The number of H-pyrrole nitrogens is 2. The van der Waals surface area contributed by atoms with Crippen molar-refractivity contribution in [3.05, 3.63) is 241 Å². The van der Waals surface area contributed by atoms with E-state index >= 15 is 0 Å². The molecular weight excluding hydrogens is 1800 g/mol. The first-order valence-corrected chi connectivity index (χ1v) is 48.3. The van der Waals surface area contributed by atoms with Gasteiger partial charge >= 0.3 is 5.82 Å². The molecule has 30 nitrogen and oxygen atoms in total. The third kappa shape index (κ3) is 37.6. The standard InChI is InChI=1S/C37H59N3O11S.C35H45N2O.C13H14N2O2.C12H14N2O.C8H11N3O3.CH4.ClH/c1-32(2)37(41)14-16-45-18-20-47-22-24-49-26-28-51-30-29-50-27-25-48-23-21-46-19-17-44-15-5-31-52(42,43)36-12-8-34(9-13-36)39-38-33-6-10-35(11-7-33)40(3)4;1-26(2)31(38)22-10-9-17-25-37-30-21-16-14-19-28(30)35(5,6)33(37)24-12-8-11-23-32-34(3,4)27-18-13-15-20-29(27)36(32)7;1-13(2,3)11(16)10-12(17)15-9-7-5-4-6-8(9)14-10;1-12(2,3)11(15)8-4-5-9-10(6-8)14-7-13-9;1-8(2,3)7(12)5-4-6(10-9-5)11(13)14;;/h6-13,32H,5,14-31H2,1-4H3;8,11-16,18-21,23-24,26H,9-10,17,22,25H2,1-7H3;4-7H,1-3H3,(H,15,17);4-6H,7H2,1-3H3;4H,1-3H3,(H,9,10);1H4;1H/q;+1;;;;;/p-1. The zero-order valence-electron chi connectivity index (χ0n) is 83.7. The molecule has 752 valence electrons. The van der Waals surface area contributed by atoms with Gasteiger partial charge in [-0.2, -0.15) is 14.8 Å². The number of para-hydroxylation sites is 4. The second-order valence-corrected chi connectivity index (χ2v) is 40.0. The number of carbonyl (C=O) groups is 5. The van der Waals surface area contributed by atoms with Crippen LogP contribution in [0.1, 0.15) is 206 Å². The fraction of sp³-hybridized carbons (Fsp3) is 0.500. The lowest BCUT2D eigenvalue weighted by molar-refractivity contribution is -0.401. The van der Waals surface area contributed by atoms with Crippen LogP contribution in [0.3, 0.4) is 0 Å². The van der Waals surface area contributed by atoms with Crippen molar-refractivity contribution in [3.63, 3.8) is 0 Å². The highest BCUT2D eigenvalue weighted by Crippen LogP contribution is 2.48. The van der Waals surface area contributed by atoms with E-state index in [9.17, 15) is 47.3 Å². The third-order valence-corrected chi connectivity index (χ3v) is 24.1.